The van der Waals surface area contributed by atoms with Crippen LogP contribution in [0.25, 0.3) is 11.3 Å². The largest absolute Gasteiger partial charge is 0.381 e. The summed E-state index contributed by atoms with van der Waals surface area (Å²) in [7, 11) is 1.80. The van der Waals surface area contributed by atoms with E-state index in [4.69, 9.17) is 9.47 Å². The van der Waals surface area contributed by atoms with Gasteiger partial charge in [-0.2, -0.15) is 0 Å². The minimum Gasteiger partial charge on any atom is -0.381 e. The number of fused-ring (bicyclic) bond motifs is 2. The molecule has 2 aliphatic heterocycles. The lowest BCUT2D eigenvalue weighted by molar-refractivity contribution is 0.0833. The highest BCUT2D eigenvalue weighted by Crippen LogP contribution is 2.28. The molecule has 12 nitrogen and oxygen atoms in total. The molecule has 13 heteroatoms. The summed E-state index contributed by atoms with van der Waals surface area (Å²) in [6, 6.07) is 10.2. The van der Waals surface area contributed by atoms with Crippen molar-refractivity contribution < 1.29 is 9.47 Å². The third-order valence-corrected chi connectivity index (χ3v) is 11.0. The van der Waals surface area contributed by atoms with Crippen LogP contribution in [-0.4, -0.2) is 64.8 Å². The van der Waals surface area contributed by atoms with Crippen molar-refractivity contribution in [3.8, 4) is 0 Å². The smallest absolute Gasteiger partial charge is 0.297 e. The van der Waals surface area contributed by atoms with Crippen molar-refractivity contribution in [3.63, 3.8) is 0 Å². The van der Waals surface area contributed by atoms with Crippen LogP contribution in [0.3, 0.4) is 0 Å². The number of halogens is 1. The molecular formula is C36H45BrN8O4. The average Bonchev–Trinajstić information content (AvgIpc) is 3.67. The Morgan fingerprint density at radius 1 is 0.714 bits per heavy atom. The molecule has 8 rings (SSSR count). The Hall–Kier alpha value is -3.68. The number of nitrogens with zero attached hydrogens (tertiary/aromatic N) is 8. The van der Waals surface area contributed by atoms with E-state index in [2.05, 4.69) is 48.5 Å². The Morgan fingerprint density at radius 2 is 1.27 bits per heavy atom. The predicted octanol–water partition coefficient (Wildman–Crippen LogP) is 5.43. The summed E-state index contributed by atoms with van der Waals surface area (Å²) >= 11 is 3.62. The molecule has 0 bridgehead atoms. The first-order chi connectivity index (χ1) is 24.0. The van der Waals surface area contributed by atoms with Crippen LogP contribution in [0, 0.1) is 5.92 Å². The van der Waals surface area contributed by atoms with E-state index in [0.29, 0.717) is 35.5 Å². The molecular weight excluding hydrogens is 688 g/mol. The van der Waals surface area contributed by atoms with E-state index in [-0.39, 0.29) is 11.1 Å². The Labute approximate surface area is 293 Å². The standard InChI is InChI=1S/C18H25BrN4O2.C18H20N4O2/c19-15-12-23-16(14-7-9-25-10-8-14)20-21-17(23)18(24)22(15)11-13-5-3-1-2-4-6-13;1-21-15(11-13-5-3-2-4-6-13)12-22-16(14-7-9-24-10-8-14)19-20-17(22)18(21)23/h12-14H,1-11H2;2-6,12,14H,7-11H2,1H3. The Morgan fingerprint density at radius 3 is 1.86 bits per heavy atom. The van der Waals surface area contributed by atoms with Gasteiger partial charge in [0.25, 0.3) is 11.1 Å². The molecule has 2 saturated heterocycles. The highest BCUT2D eigenvalue weighted by atomic mass is 79.9. The highest BCUT2D eigenvalue weighted by molar-refractivity contribution is 9.10. The molecule has 1 saturated carbocycles. The van der Waals surface area contributed by atoms with Crippen molar-refractivity contribution in [2.75, 3.05) is 26.4 Å². The maximum Gasteiger partial charge on any atom is 0.297 e. The van der Waals surface area contributed by atoms with E-state index >= 15 is 0 Å². The summed E-state index contributed by atoms with van der Waals surface area (Å²) in [4.78, 5) is 25.6. The van der Waals surface area contributed by atoms with E-state index < -0.39 is 0 Å². The van der Waals surface area contributed by atoms with Gasteiger partial charge in [-0.1, -0.05) is 56.0 Å². The van der Waals surface area contributed by atoms with Crippen molar-refractivity contribution in [2.24, 2.45) is 13.0 Å². The zero-order valence-corrected chi connectivity index (χ0v) is 29.8. The van der Waals surface area contributed by atoms with Gasteiger partial charge in [0, 0.05) is 76.4 Å². The van der Waals surface area contributed by atoms with Crippen LogP contribution in [0.1, 0.15) is 99.0 Å². The van der Waals surface area contributed by atoms with Crippen LogP contribution in [0.5, 0.6) is 0 Å². The van der Waals surface area contributed by atoms with E-state index in [1.807, 2.05) is 44.0 Å². The minimum absolute atomic E-state index is 0.0376. The molecule has 6 heterocycles. The van der Waals surface area contributed by atoms with E-state index in [1.54, 1.807) is 11.6 Å². The van der Waals surface area contributed by atoms with Crippen LogP contribution in [0.15, 0.2) is 56.9 Å². The molecule has 1 aromatic carbocycles. The Kier molecular flexibility index (Phi) is 10.7. The number of ether oxygens (including phenoxy) is 2. The summed E-state index contributed by atoms with van der Waals surface area (Å²) in [5.74, 6) is 2.95. The topological polar surface area (TPSA) is 123 Å². The van der Waals surface area contributed by atoms with Gasteiger partial charge in [-0.3, -0.25) is 23.0 Å². The van der Waals surface area contributed by atoms with Crippen LogP contribution < -0.4 is 11.1 Å². The van der Waals surface area contributed by atoms with Gasteiger partial charge in [0.15, 0.2) is 0 Å². The number of aromatic nitrogens is 8. The lowest BCUT2D eigenvalue weighted by atomic mass is 9.99. The lowest BCUT2D eigenvalue weighted by Crippen LogP contribution is -2.27. The summed E-state index contributed by atoms with van der Waals surface area (Å²) in [5.41, 5.74) is 2.83. The summed E-state index contributed by atoms with van der Waals surface area (Å²) in [6.45, 7) is 3.75. The number of benzene rings is 1. The normalized spacial score (nSPS) is 18.4. The molecule has 1 aliphatic carbocycles. The summed E-state index contributed by atoms with van der Waals surface area (Å²) in [5, 5.41) is 17.0. The minimum atomic E-state index is -0.103. The average molecular weight is 734 g/mol. The molecule has 0 radical (unpaired) electrons. The molecule has 260 valence electrons. The van der Waals surface area contributed by atoms with Gasteiger partial charge in [-0.05, 0) is 65.9 Å². The quantitative estimate of drug-likeness (QED) is 0.212. The SMILES string of the molecule is Cn1c(Cc2ccccc2)cn2c(C3CCOCC3)nnc2c1=O.O=c1c2nnc(C3CCOCC3)n2cc(Br)n1CC1CCCCCC1. The monoisotopic (exact) mass is 732 g/mol. The van der Waals surface area contributed by atoms with Gasteiger partial charge in [-0.25, -0.2) is 0 Å². The number of hydrogen-bond donors (Lipinski definition) is 0. The fourth-order valence-electron chi connectivity index (χ4n) is 7.48. The van der Waals surface area contributed by atoms with Crippen molar-refractivity contribution >= 4 is 27.2 Å². The molecule has 0 atom stereocenters. The zero-order valence-electron chi connectivity index (χ0n) is 28.2. The second-order valence-corrected chi connectivity index (χ2v) is 14.5. The van der Waals surface area contributed by atoms with Gasteiger partial charge < -0.3 is 14.0 Å². The van der Waals surface area contributed by atoms with Crippen LogP contribution >= 0.6 is 15.9 Å². The maximum absolute atomic E-state index is 13.0. The number of rotatable bonds is 6. The number of hydrogen-bond acceptors (Lipinski definition) is 8. The van der Waals surface area contributed by atoms with Crippen molar-refractivity contribution in [3.05, 3.63) is 90.9 Å². The van der Waals surface area contributed by atoms with Gasteiger partial charge in [0.05, 0.1) is 0 Å². The predicted molar refractivity (Wildman–Crippen MR) is 189 cm³/mol. The molecule has 49 heavy (non-hydrogen) atoms. The molecule has 5 aromatic rings. The highest BCUT2D eigenvalue weighted by Gasteiger charge is 2.25. The Bertz CT molecular complexity index is 1980. The second kappa shape index (κ2) is 15.5. The summed E-state index contributed by atoms with van der Waals surface area (Å²) < 4.78 is 19.0. The first-order valence-electron chi connectivity index (χ1n) is 17.7. The van der Waals surface area contributed by atoms with E-state index in [0.717, 1.165) is 80.6 Å². The van der Waals surface area contributed by atoms with Gasteiger partial charge >= 0.3 is 0 Å². The molecule has 3 aliphatic rings. The molecule has 0 N–H and O–H groups in total. The fourth-order valence-corrected chi connectivity index (χ4v) is 7.99. The fraction of sp³-hybridized carbons (Fsp3) is 0.556. The first-order valence-corrected chi connectivity index (χ1v) is 18.5. The van der Waals surface area contributed by atoms with Crippen molar-refractivity contribution in [1.29, 1.82) is 0 Å². The lowest BCUT2D eigenvalue weighted by Gasteiger charge is -2.21. The van der Waals surface area contributed by atoms with Gasteiger partial charge in [0.2, 0.25) is 11.3 Å². The van der Waals surface area contributed by atoms with E-state index in [1.165, 1.54) is 44.1 Å². The third-order valence-electron chi connectivity index (χ3n) is 10.4. The van der Waals surface area contributed by atoms with Gasteiger partial charge in [0.1, 0.15) is 16.3 Å². The van der Waals surface area contributed by atoms with E-state index in [9.17, 15) is 9.59 Å². The molecule has 0 unspecified atom stereocenters. The maximum atomic E-state index is 13.0. The Balaban J connectivity index is 0.000000154. The molecule has 3 fully saturated rings. The van der Waals surface area contributed by atoms with Gasteiger partial charge in [-0.15, -0.1) is 20.4 Å². The van der Waals surface area contributed by atoms with Crippen molar-refractivity contribution in [1.82, 2.24) is 38.3 Å². The first kappa shape index (κ1) is 33.8. The molecule has 4 aromatic heterocycles. The summed E-state index contributed by atoms with van der Waals surface area (Å²) in [6.07, 6.45) is 16.0. The van der Waals surface area contributed by atoms with Crippen LogP contribution in [0.4, 0.5) is 0 Å². The van der Waals surface area contributed by atoms with Crippen LogP contribution in [0.2, 0.25) is 0 Å². The van der Waals surface area contributed by atoms with Crippen molar-refractivity contribution in [2.45, 2.75) is 89.0 Å². The zero-order chi connectivity index (χ0) is 33.7. The third kappa shape index (κ3) is 7.44. The molecule has 0 amide bonds. The van der Waals surface area contributed by atoms with Crippen LogP contribution in [-0.2, 0) is 29.5 Å². The second-order valence-electron chi connectivity index (χ2n) is 13.6. The molecule has 0 spiro atoms.